The molecule has 11 heteroatoms. The maximum absolute atomic E-state index is 13.7. The minimum absolute atomic E-state index is 0.0938. The quantitative estimate of drug-likeness (QED) is 0.229. The first-order valence-electron chi connectivity index (χ1n) is 9.36. The van der Waals surface area contributed by atoms with Crippen LogP contribution in [0.1, 0.15) is 17.3 Å². The van der Waals surface area contributed by atoms with Gasteiger partial charge in [0.2, 0.25) is 5.95 Å². The zero-order valence-corrected chi connectivity index (χ0v) is 16.5. The average Bonchev–Trinajstić information content (AvgIpc) is 2.77. The zero-order valence-electron chi connectivity index (χ0n) is 16.5. The summed E-state index contributed by atoms with van der Waals surface area (Å²) >= 11 is 0. The summed E-state index contributed by atoms with van der Waals surface area (Å²) in [6.07, 6.45) is 2.50. The van der Waals surface area contributed by atoms with E-state index in [9.17, 15) is 19.3 Å². The lowest BCUT2D eigenvalue weighted by Crippen LogP contribution is -2.17. The SMILES string of the molecule is CCOC(=O)c1cnc(NCCNc2ccc([N+](=O)[O-])cn2)nc1-c1cccc(F)c1. The standard InChI is InChI=1S/C20H19FN6O4/c1-2-31-19(28)16-12-25-20(26-18(16)13-4-3-5-14(21)10-13)23-9-8-22-17-7-6-15(11-24-17)27(29)30/h3-7,10-12H,2,8-9H2,1H3,(H,22,24)(H,23,25,26). The molecule has 2 aromatic heterocycles. The van der Waals surface area contributed by atoms with Gasteiger partial charge >= 0.3 is 5.97 Å². The second kappa shape index (κ2) is 10.1. The number of nitrogens with one attached hydrogen (secondary N) is 2. The van der Waals surface area contributed by atoms with Gasteiger partial charge in [0.15, 0.2) is 0 Å². The third-order valence-corrected chi connectivity index (χ3v) is 4.06. The summed E-state index contributed by atoms with van der Waals surface area (Å²) < 4.78 is 18.7. The number of aromatic nitrogens is 3. The van der Waals surface area contributed by atoms with Gasteiger partial charge in [0.05, 0.1) is 17.2 Å². The molecule has 0 unspecified atom stereocenters. The number of hydrogen-bond donors (Lipinski definition) is 2. The molecule has 2 heterocycles. The summed E-state index contributed by atoms with van der Waals surface area (Å²) in [5.74, 6) is -0.336. The number of ether oxygens (including phenoxy) is 1. The van der Waals surface area contributed by atoms with Gasteiger partial charge in [-0.1, -0.05) is 12.1 Å². The highest BCUT2D eigenvalue weighted by Crippen LogP contribution is 2.24. The molecule has 0 bridgehead atoms. The van der Waals surface area contributed by atoms with E-state index < -0.39 is 16.7 Å². The highest BCUT2D eigenvalue weighted by atomic mass is 19.1. The van der Waals surface area contributed by atoms with Crippen LogP contribution in [0.3, 0.4) is 0 Å². The summed E-state index contributed by atoms with van der Waals surface area (Å²) in [5.41, 5.74) is 0.706. The molecule has 1 aromatic carbocycles. The van der Waals surface area contributed by atoms with Gasteiger partial charge in [0, 0.05) is 30.9 Å². The number of esters is 1. The first kappa shape index (κ1) is 21.6. The van der Waals surface area contributed by atoms with Gasteiger partial charge in [-0.05, 0) is 25.1 Å². The van der Waals surface area contributed by atoms with Gasteiger partial charge < -0.3 is 15.4 Å². The Bertz CT molecular complexity index is 1080. The van der Waals surface area contributed by atoms with E-state index in [1.807, 2.05) is 0 Å². The number of halogens is 1. The van der Waals surface area contributed by atoms with Crippen molar-refractivity contribution in [2.75, 3.05) is 30.3 Å². The minimum atomic E-state index is -0.598. The Morgan fingerprint density at radius 3 is 2.65 bits per heavy atom. The van der Waals surface area contributed by atoms with Crippen molar-refractivity contribution in [2.45, 2.75) is 6.92 Å². The molecule has 0 spiro atoms. The van der Waals surface area contributed by atoms with Crippen molar-refractivity contribution in [3.63, 3.8) is 0 Å². The molecule has 0 amide bonds. The van der Waals surface area contributed by atoms with Crippen LogP contribution in [-0.2, 0) is 4.74 Å². The number of carbonyl (C=O) groups excluding carboxylic acids is 1. The van der Waals surface area contributed by atoms with Crippen molar-refractivity contribution < 1.29 is 18.8 Å². The molecule has 0 saturated carbocycles. The molecule has 0 saturated heterocycles. The monoisotopic (exact) mass is 426 g/mol. The average molecular weight is 426 g/mol. The summed E-state index contributed by atoms with van der Waals surface area (Å²) in [6.45, 7) is 2.68. The van der Waals surface area contributed by atoms with Crippen LogP contribution in [0, 0.1) is 15.9 Å². The Morgan fingerprint density at radius 2 is 1.97 bits per heavy atom. The number of nitrogens with zero attached hydrogens (tertiary/aromatic N) is 4. The van der Waals surface area contributed by atoms with Gasteiger partial charge in [-0.15, -0.1) is 0 Å². The summed E-state index contributed by atoms with van der Waals surface area (Å²) in [7, 11) is 0. The van der Waals surface area contributed by atoms with Crippen LogP contribution in [-0.4, -0.2) is 45.5 Å². The largest absolute Gasteiger partial charge is 0.462 e. The van der Waals surface area contributed by atoms with Crippen LogP contribution in [0.25, 0.3) is 11.3 Å². The maximum Gasteiger partial charge on any atom is 0.341 e. The van der Waals surface area contributed by atoms with Gasteiger partial charge in [0.25, 0.3) is 5.69 Å². The Balaban J connectivity index is 1.69. The molecule has 160 valence electrons. The van der Waals surface area contributed by atoms with Gasteiger partial charge in [-0.3, -0.25) is 10.1 Å². The molecular formula is C20H19FN6O4. The van der Waals surface area contributed by atoms with E-state index in [2.05, 4.69) is 25.6 Å². The Hall–Kier alpha value is -4.15. The number of nitro groups is 1. The molecule has 3 aromatic rings. The first-order valence-corrected chi connectivity index (χ1v) is 9.36. The first-order chi connectivity index (χ1) is 15.0. The molecule has 0 aliphatic heterocycles. The van der Waals surface area contributed by atoms with Crippen molar-refractivity contribution in [1.82, 2.24) is 15.0 Å². The molecule has 0 atom stereocenters. The second-order valence-corrected chi connectivity index (χ2v) is 6.20. The van der Waals surface area contributed by atoms with E-state index in [4.69, 9.17) is 4.74 Å². The number of pyridine rings is 1. The number of hydrogen-bond acceptors (Lipinski definition) is 9. The van der Waals surface area contributed by atoms with Gasteiger partial charge in [-0.25, -0.2) is 24.1 Å². The van der Waals surface area contributed by atoms with Gasteiger partial charge in [-0.2, -0.15) is 0 Å². The normalized spacial score (nSPS) is 10.4. The molecule has 10 nitrogen and oxygen atoms in total. The zero-order chi connectivity index (χ0) is 22.2. The predicted octanol–water partition coefficient (Wildman–Crippen LogP) is 3.29. The lowest BCUT2D eigenvalue weighted by molar-refractivity contribution is -0.385. The Morgan fingerprint density at radius 1 is 1.16 bits per heavy atom. The third-order valence-electron chi connectivity index (χ3n) is 4.06. The molecule has 0 aliphatic rings. The van der Waals surface area contributed by atoms with E-state index in [0.717, 1.165) is 6.20 Å². The summed E-state index contributed by atoms with van der Waals surface area (Å²) in [4.78, 5) is 34.8. The Labute approximate surface area is 176 Å². The summed E-state index contributed by atoms with van der Waals surface area (Å²) in [5, 5.41) is 16.7. The van der Waals surface area contributed by atoms with Crippen LogP contribution in [0.15, 0.2) is 48.8 Å². The molecule has 0 fully saturated rings. The fraction of sp³-hybridized carbons (Fsp3) is 0.200. The van der Waals surface area contributed by atoms with E-state index in [1.54, 1.807) is 13.0 Å². The highest BCUT2D eigenvalue weighted by Gasteiger charge is 2.18. The number of anilines is 2. The van der Waals surface area contributed by atoms with Gasteiger partial charge in [0.1, 0.15) is 23.4 Å². The topological polar surface area (TPSA) is 132 Å². The van der Waals surface area contributed by atoms with Crippen LogP contribution in [0.4, 0.5) is 21.8 Å². The molecule has 2 N–H and O–H groups in total. The predicted molar refractivity (Wildman–Crippen MR) is 111 cm³/mol. The fourth-order valence-electron chi connectivity index (χ4n) is 2.64. The summed E-state index contributed by atoms with van der Waals surface area (Å²) in [6, 6.07) is 8.59. The van der Waals surface area contributed by atoms with Crippen molar-refractivity contribution >= 4 is 23.4 Å². The highest BCUT2D eigenvalue weighted by molar-refractivity contribution is 5.96. The number of carbonyl (C=O) groups is 1. The maximum atomic E-state index is 13.7. The number of rotatable bonds is 9. The van der Waals surface area contributed by atoms with Crippen LogP contribution >= 0.6 is 0 Å². The van der Waals surface area contributed by atoms with Crippen molar-refractivity contribution in [3.05, 3.63) is 70.3 Å². The molecule has 0 radical (unpaired) electrons. The minimum Gasteiger partial charge on any atom is -0.462 e. The van der Waals surface area contributed by atoms with Crippen molar-refractivity contribution in [1.29, 1.82) is 0 Å². The second-order valence-electron chi connectivity index (χ2n) is 6.20. The lowest BCUT2D eigenvalue weighted by atomic mass is 10.1. The van der Waals surface area contributed by atoms with Crippen LogP contribution in [0.2, 0.25) is 0 Å². The van der Waals surface area contributed by atoms with E-state index in [0.29, 0.717) is 24.5 Å². The van der Waals surface area contributed by atoms with E-state index in [1.165, 1.54) is 36.5 Å². The van der Waals surface area contributed by atoms with Crippen LogP contribution in [0.5, 0.6) is 0 Å². The molecule has 0 aliphatic carbocycles. The molecular weight excluding hydrogens is 407 g/mol. The number of benzene rings is 1. The molecule has 31 heavy (non-hydrogen) atoms. The van der Waals surface area contributed by atoms with Crippen molar-refractivity contribution in [3.8, 4) is 11.3 Å². The van der Waals surface area contributed by atoms with E-state index >= 15 is 0 Å². The lowest BCUT2D eigenvalue weighted by Gasteiger charge is -2.11. The van der Waals surface area contributed by atoms with E-state index in [-0.39, 0.29) is 29.5 Å². The molecule has 3 rings (SSSR count). The Kier molecular flexibility index (Phi) is 6.99. The van der Waals surface area contributed by atoms with Crippen LogP contribution < -0.4 is 10.6 Å². The third kappa shape index (κ3) is 5.69. The van der Waals surface area contributed by atoms with Crippen molar-refractivity contribution in [2.24, 2.45) is 0 Å². The fourth-order valence-corrected chi connectivity index (χ4v) is 2.64. The smallest absolute Gasteiger partial charge is 0.341 e.